The zero-order chi connectivity index (χ0) is 3.58. The van der Waals surface area contributed by atoms with Gasteiger partial charge in [0, 0.05) is 9.17 Å². The molecule has 7 heavy (non-hydrogen) atoms. The summed E-state index contributed by atoms with van der Waals surface area (Å²) < 4.78 is 8.52. The maximum absolute atomic E-state index is 8.52. The smallest absolute Gasteiger partial charge is 2.00 e. The first kappa shape index (κ1) is 25.5. The van der Waals surface area contributed by atoms with Crippen LogP contribution >= 0.6 is 0 Å². The van der Waals surface area contributed by atoms with E-state index in [1.54, 1.807) is 0 Å². The summed E-state index contributed by atoms with van der Waals surface area (Å²) in [6.07, 6.45) is 0. The summed E-state index contributed by atoms with van der Waals surface area (Å²) in [5.41, 5.74) is 0. The third-order valence-electron chi connectivity index (χ3n) is 0. The molecule has 0 bridgehead atoms. The molecule has 2 radical (unpaired) electrons. The van der Waals surface area contributed by atoms with Gasteiger partial charge in [0.15, 0.2) is 0 Å². The van der Waals surface area contributed by atoms with Crippen molar-refractivity contribution in [1.29, 1.82) is 0 Å². The minimum atomic E-state index is -3.63. The van der Waals surface area contributed by atoms with E-state index in [1.807, 2.05) is 0 Å². The molecule has 4 nitrogen and oxygen atoms in total. The Morgan fingerprint density at radius 3 is 1.14 bits per heavy atom. The van der Waals surface area contributed by atoms with Crippen molar-refractivity contribution in [3.63, 3.8) is 0 Å². The van der Waals surface area contributed by atoms with E-state index in [-0.39, 0.29) is 39.6 Å². The summed E-state index contributed by atoms with van der Waals surface area (Å²) in [7, 11) is -3.63. The molecule has 0 rings (SSSR count). The molecule has 0 heterocycles. The van der Waals surface area contributed by atoms with Crippen molar-refractivity contribution >= 4 is 9.17 Å². The van der Waals surface area contributed by atoms with Gasteiger partial charge in [-0.3, -0.25) is 0 Å². The van der Waals surface area contributed by atoms with Crippen molar-refractivity contribution in [3.05, 3.63) is 0 Å². The van der Waals surface area contributed by atoms with Crippen molar-refractivity contribution in [2.24, 2.45) is 0 Å². The molecule has 0 unspecified atom stereocenters. The Balaban J connectivity index is -0.0000000150. The molecule has 0 N–H and O–H groups in total. The van der Waals surface area contributed by atoms with Gasteiger partial charge < -0.3 is 19.5 Å². The first-order valence-electron chi connectivity index (χ1n) is 0.612. The van der Waals surface area contributed by atoms with Crippen molar-refractivity contribution in [1.82, 2.24) is 0 Å². The van der Waals surface area contributed by atoms with Gasteiger partial charge in [0.05, 0.1) is 0 Å². The van der Waals surface area contributed by atoms with Gasteiger partial charge in [-0.05, 0) is 0 Å². The Hall–Kier alpha value is 0.616. The van der Waals surface area contributed by atoms with Gasteiger partial charge in [-0.15, -0.1) is 0 Å². The van der Waals surface area contributed by atoms with E-state index < -0.39 is 9.17 Å². The second kappa shape index (κ2) is 16.0. The fraction of sp³-hybridized carbons (Fsp3) is 0. The second-order valence-electron chi connectivity index (χ2n) is 0.250. The van der Waals surface area contributed by atoms with Gasteiger partial charge in [-0.25, -0.2) is 0 Å². The van der Waals surface area contributed by atoms with Crippen LogP contribution in [0.5, 0.6) is 0 Å². The number of hydrogen-bond acceptors (Lipinski definition) is 3. The Morgan fingerprint density at radius 1 is 1.14 bits per heavy atom. The Morgan fingerprint density at radius 2 is 1.14 bits per heavy atom. The summed E-state index contributed by atoms with van der Waals surface area (Å²) in [6.45, 7) is 0. The number of hydrogen-bond donors (Lipinski definition) is 0. The van der Waals surface area contributed by atoms with Gasteiger partial charge in [-0.2, -0.15) is 0 Å². The summed E-state index contributed by atoms with van der Waals surface area (Å²) in [5.74, 6) is 0. The normalized spacial score (nSPS) is 3.43. The zero-order valence-electron chi connectivity index (χ0n) is 2.89. The largest absolute Gasteiger partial charge is 2.00 e. The predicted octanol–water partition coefficient (Wildman–Crippen LogP) is -3.00. The molecule has 42 valence electrons. The van der Waals surface area contributed by atoms with Gasteiger partial charge in [0.2, 0.25) is 0 Å². The molecular weight excluding hydrogens is 202 g/mol. The average Bonchev–Trinajstić information content (AvgIpc) is 0.811. The molecule has 0 aliphatic carbocycles. The third-order valence-corrected chi connectivity index (χ3v) is 0. The summed E-state index contributed by atoms with van der Waals surface area (Å²) in [5, 5.41) is 0. The van der Waals surface area contributed by atoms with Crippen molar-refractivity contribution in [2.45, 2.75) is 0 Å². The molecule has 0 aromatic carbocycles. The monoisotopic (exact) mass is 202 g/mol. The van der Waals surface area contributed by atoms with Crippen LogP contribution in [-0.2, 0) is 44.1 Å². The van der Waals surface area contributed by atoms with Gasteiger partial charge in [0.25, 0.3) is 0 Å². The van der Waals surface area contributed by atoms with Crippen molar-refractivity contribution in [3.8, 4) is 0 Å². The molecule has 0 aliphatic heterocycles. The first-order chi connectivity index (χ1) is 1.73. The molecule has 0 saturated carbocycles. The average molecular weight is 202 g/mol. The van der Waals surface area contributed by atoms with E-state index in [2.05, 4.69) is 0 Å². The Kier molecular flexibility index (Phi) is 58.1. The number of rotatable bonds is 0. The van der Waals surface area contributed by atoms with Crippen LogP contribution in [0.25, 0.3) is 0 Å². The topological polar surface area (TPSA) is 91.7 Å². The van der Waals surface area contributed by atoms with Gasteiger partial charge >= 0.3 is 34.1 Å². The van der Waals surface area contributed by atoms with Crippen LogP contribution in [0, 0.1) is 0 Å². The maximum Gasteiger partial charge on any atom is 2.00 e. The molecule has 0 atom stereocenters. The van der Waals surface area contributed by atoms with E-state index in [0.29, 0.717) is 0 Å². The molecular formula is Mn2O4Si. The molecule has 0 aromatic rings. The first-order valence-corrected chi connectivity index (χ1v) is 1.84. The molecule has 0 fully saturated rings. The van der Waals surface area contributed by atoms with E-state index >= 15 is 0 Å². The molecule has 0 spiro atoms. The summed E-state index contributed by atoms with van der Waals surface area (Å²) >= 11 is 0. The molecule has 0 aromatic heterocycles. The van der Waals surface area contributed by atoms with Crippen LogP contribution in [0.2, 0.25) is 0 Å². The van der Waals surface area contributed by atoms with Crippen LogP contribution in [0.3, 0.4) is 0 Å². The zero-order valence-corrected chi connectivity index (χ0v) is 6.25. The van der Waals surface area contributed by atoms with Crippen LogP contribution in [-0.4, -0.2) is 9.17 Å². The van der Waals surface area contributed by atoms with E-state index in [9.17, 15) is 0 Å². The van der Waals surface area contributed by atoms with E-state index in [4.69, 9.17) is 14.1 Å². The summed E-state index contributed by atoms with van der Waals surface area (Å²) in [6, 6.07) is 0. The molecule has 0 amide bonds. The van der Waals surface area contributed by atoms with Crippen LogP contribution in [0.4, 0.5) is 0 Å². The van der Waals surface area contributed by atoms with Crippen LogP contribution < -0.4 is 9.59 Å². The minimum Gasteiger partial charge on any atom is -2.00 e. The van der Waals surface area contributed by atoms with Crippen LogP contribution in [0.15, 0.2) is 0 Å². The minimum absolute atomic E-state index is 0. The molecule has 0 saturated heterocycles. The third kappa shape index (κ3) is 372. The van der Waals surface area contributed by atoms with Crippen molar-refractivity contribution < 1.29 is 53.7 Å². The fourth-order valence-corrected chi connectivity index (χ4v) is 0. The summed E-state index contributed by atoms with van der Waals surface area (Å²) in [4.78, 5) is 17.0. The standard InChI is InChI=1S/2Mn.O3Si.O/c;;1-4(2)3;/q2*+2;2*-2. The van der Waals surface area contributed by atoms with E-state index in [0.717, 1.165) is 0 Å². The van der Waals surface area contributed by atoms with Gasteiger partial charge in [0.1, 0.15) is 0 Å². The van der Waals surface area contributed by atoms with E-state index in [1.165, 1.54) is 0 Å². The molecule has 0 aliphatic rings. The molecule has 7 heteroatoms. The quantitative estimate of drug-likeness (QED) is 0.392. The SMILES string of the molecule is O=[Si]([O-])[O-].[Mn+2].[Mn+2].[O-2]. The fourth-order valence-electron chi connectivity index (χ4n) is 0. The Labute approximate surface area is 63.1 Å². The van der Waals surface area contributed by atoms with Crippen LogP contribution in [0.1, 0.15) is 0 Å². The van der Waals surface area contributed by atoms with Gasteiger partial charge in [-0.1, -0.05) is 0 Å². The second-order valence-corrected chi connectivity index (χ2v) is 0.750. The Bertz CT molecular complexity index is 32.7. The predicted molar refractivity (Wildman–Crippen MR) is 7.13 cm³/mol. The maximum atomic E-state index is 8.52. The van der Waals surface area contributed by atoms with Crippen molar-refractivity contribution in [2.75, 3.05) is 0 Å².